The number of aliphatic imine (C=N–C) groups is 1. The summed E-state index contributed by atoms with van der Waals surface area (Å²) in [4.78, 5) is 9.44. The van der Waals surface area contributed by atoms with E-state index in [2.05, 4.69) is 4.98 Å². The molecule has 0 N–H and O–H groups in total. The van der Waals surface area contributed by atoms with E-state index in [1.165, 1.54) is 4.31 Å². The van der Waals surface area contributed by atoms with Gasteiger partial charge in [0.25, 0.3) is 10.0 Å². The van der Waals surface area contributed by atoms with E-state index in [4.69, 9.17) is 9.73 Å². The van der Waals surface area contributed by atoms with Crippen LogP contribution in [0.1, 0.15) is 55.5 Å². The summed E-state index contributed by atoms with van der Waals surface area (Å²) in [5.74, 6) is 0.768. The lowest BCUT2D eigenvalue weighted by molar-refractivity contribution is 0.0685. The van der Waals surface area contributed by atoms with E-state index < -0.39 is 10.0 Å². The lowest BCUT2D eigenvalue weighted by Gasteiger charge is -2.27. The van der Waals surface area contributed by atoms with Gasteiger partial charge in [-0.2, -0.15) is 0 Å². The van der Waals surface area contributed by atoms with Crippen molar-refractivity contribution in [3.05, 3.63) is 52.8 Å². The minimum absolute atomic E-state index is 0.175. The van der Waals surface area contributed by atoms with Gasteiger partial charge < -0.3 is 4.74 Å². The molecule has 0 unspecified atom stereocenters. The molecule has 7 heteroatoms. The van der Waals surface area contributed by atoms with Crippen molar-refractivity contribution >= 4 is 21.4 Å². The largest absolute Gasteiger partial charge is 0.381 e. The van der Waals surface area contributed by atoms with Crippen LogP contribution in [0.25, 0.3) is 0 Å². The van der Waals surface area contributed by atoms with Crippen LogP contribution < -0.4 is 4.31 Å². The third-order valence-corrected chi connectivity index (χ3v) is 8.03. The maximum Gasteiger partial charge on any atom is 0.264 e. The fourth-order valence-corrected chi connectivity index (χ4v) is 6.27. The number of pyridine rings is 1. The van der Waals surface area contributed by atoms with Crippen molar-refractivity contribution in [1.82, 2.24) is 4.98 Å². The monoisotopic (exact) mass is 455 g/mol. The molecule has 0 aliphatic carbocycles. The van der Waals surface area contributed by atoms with E-state index in [9.17, 15) is 8.42 Å². The molecular weight excluding hydrogens is 422 g/mol. The molecule has 2 aliphatic heterocycles. The Balaban J connectivity index is 1.63. The molecule has 0 radical (unpaired) electrons. The van der Waals surface area contributed by atoms with E-state index >= 15 is 0 Å². The molecule has 2 aromatic rings. The average Bonchev–Trinajstić information content (AvgIpc) is 3.15. The number of benzene rings is 1. The number of hydrogen-bond acceptors (Lipinski definition) is 5. The van der Waals surface area contributed by atoms with Gasteiger partial charge in [-0.25, -0.2) is 8.42 Å². The van der Waals surface area contributed by atoms with Crippen LogP contribution in [0.5, 0.6) is 0 Å². The predicted molar refractivity (Wildman–Crippen MR) is 128 cm³/mol. The quantitative estimate of drug-likeness (QED) is 0.608. The molecule has 32 heavy (non-hydrogen) atoms. The number of aryl methyl sites for hydroxylation is 2. The lowest BCUT2D eigenvalue weighted by Crippen LogP contribution is -2.35. The summed E-state index contributed by atoms with van der Waals surface area (Å²) in [5, 5.41) is 0. The van der Waals surface area contributed by atoms with Gasteiger partial charge in [-0.1, -0.05) is 19.9 Å². The molecule has 1 saturated heterocycles. The van der Waals surface area contributed by atoms with Gasteiger partial charge in [0, 0.05) is 36.7 Å². The highest BCUT2D eigenvalue weighted by Crippen LogP contribution is 2.32. The molecule has 0 saturated carbocycles. The normalized spacial score (nSPS) is 16.8. The standard InChI is InChI=1S/C25H33N3O3S/c1-17(2)16-28(25-15-26-19(4)11-18(25)3)32(29,30)22-5-6-23-21(13-22)14-27-24(23)12-20-7-9-31-10-8-20/h5-6,11,13,15,17,20H,7-10,12,14,16H2,1-4H3. The van der Waals surface area contributed by atoms with Gasteiger partial charge in [0.2, 0.25) is 0 Å². The van der Waals surface area contributed by atoms with Gasteiger partial charge in [-0.15, -0.1) is 0 Å². The third kappa shape index (κ3) is 4.74. The molecule has 4 rings (SSSR count). The summed E-state index contributed by atoms with van der Waals surface area (Å²) in [7, 11) is -3.72. The first kappa shape index (κ1) is 22.9. The van der Waals surface area contributed by atoms with Crippen molar-refractivity contribution < 1.29 is 13.2 Å². The summed E-state index contributed by atoms with van der Waals surface area (Å²) < 4.78 is 34.5. The van der Waals surface area contributed by atoms with E-state index in [-0.39, 0.29) is 5.92 Å². The maximum absolute atomic E-state index is 13.8. The van der Waals surface area contributed by atoms with Crippen LogP contribution in [0.4, 0.5) is 5.69 Å². The van der Waals surface area contributed by atoms with E-state index in [1.807, 2.05) is 45.9 Å². The molecule has 0 amide bonds. The molecule has 1 fully saturated rings. The number of aromatic nitrogens is 1. The molecule has 172 valence electrons. The summed E-state index contributed by atoms with van der Waals surface area (Å²) in [5.41, 5.74) is 5.62. The van der Waals surface area contributed by atoms with Gasteiger partial charge in [0.15, 0.2) is 0 Å². The van der Waals surface area contributed by atoms with Crippen LogP contribution in [-0.4, -0.2) is 38.9 Å². The zero-order chi connectivity index (χ0) is 22.9. The fourth-order valence-electron chi connectivity index (χ4n) is 4.54. The number of nitrogens with zero attached hydrogens (tertiary/aromatic N) is 3. The number of fused-ring (bicyclic) bond motifs is 1. The molecule has 2 aliphatic rings. The topological polar surface area (TPSA) is 71.9 Å². The van der Waals surface area contributed by atoms with Crippen molar-refractivity contribution in [2.75, 3.05) is 24.1 Å². The first-order valence-electron chi connectivity index (χ1n) is 11.5. The Hall–Kier alpha value is -2.25. The molecule has 6 nitrogen and oxygen atoms in total. The smallest absolute Gasteiger partial charge is 0.264 e. The van der Waals surface area contributed by atoms with Crippen molar-refractivity contribution in [1.29, 1.82) is 0 Å². The van der Waals surface area contributed by atoms with Crippen LogP contribution in [0, 0.1) is 25.7 Å². The Morgan fingerprint density at radius 3 is 2.59 bits per heavy atom. The predicted octanol–water partition coefficient (Wildman–Crippen LogP) is 4.67. The Kier molecular flexibility index (Phi) is 6.67. The van der Waals surface area contributed by atoms with E-state index in [1.54, 1.807) is 12.3 Å². The summed E-state index contributed by atoms with van der Waals surface area (Å²) >= 11 is 0. The minimum Gasteiger partial charge on any atom is -0.381 e. The summed E-state index contributed by atoms with van der Waals surface area (Å²) in [6.45, 7) is 10.5. The first-order chi connectivity index (χ1) is 15.3. The van der Waals surface area contributed by atoms with Crippen LogP contribution in [0.3, 0.4) is 0 Å². The summed E-state index contributed by atoms with van der Waals surface area (Å²) in [6.07, 6.45) is 4.74. The van der Waals surface area contributed by atoms with Crippen molar-refractivity contribution in [2.45, 2.75) is 58.4 Å². The van der Waals surface area contributed by atoms with Crippen LogP contribution >= 0.6 is 0 Å². The van der Waals surface area contributed by atoms with Gasteiger partial charge in [-0.05, 0) is 74.3 Å². The SMILES string of the molecule is Cc1cc(C)c(N(CC(C)C)S(=O)(=O)c2ccc3c(c2)CN=C3CC2CCOCC2)cn1. The second kappa shape index (κ2) is 9.32. The highest BCUT2D eigenvalue weighted by atomic mass is 32.2. The second-order valence-corrected chi connectivity index (χ2v) is 11.2. The van der Waals surface area contributed by atoms with Crippen LogP contribution in [-0.2, 0) is 21.3 Å². The number of ether oxygens (including phenoxy) is 1. The highest BCUT2D eigenvalue weighted by Gasteiger charge is 2.29. The zero-order valence-electron chi connectivity index (χ0n) is 19.5. The zero-order valence-corrected chi connectivity index (χ0v) is 20.3. The second-order valence-electron chi connectivity index (χ2n) is 9.38. The van der Waals surface area contributed by atoms with Gasteiger partial charge >= 0.3 is 0 Å². The van der Waals surface area contributed by atoms with Crippen molar-refractivity contribution in [2.24, 2.45) is 16.8 Å². The summed E-state index contributed by atoms with van der Waals surface area (Å²) in [6, 6.07) is 7.43. The molecule has 1 aromatic heterocycles. The number of rotatable bonds is 7. The first-order valence-corrected chi connectivity index (χ1v) is 12.9. The Morgan fingerprint density at radius 2 is 1.91 bits per heavy atom. The van der Waals surface area contributed by atoms with Crippen LogP contribution in [0.15, 0.2) is 40.4 Å². The third-order valence-electron chi connectivity index (χ3n) is 6.26. The number of sulfonamides is 1. The highest BCUT2D eigenvalue weighted by molar-refractivity contribution is 7.92. The van der Waals surface area contributed by atoms with Crippen molar-refractivity contribution in [3.8, 4) is 0 Å². The number of hydrogen-bond donors (Lipinski definition) is 0. The lowest BCUT2D eigenvalue weighted by atomic mass is 9.91. The maximum atomic E-state index is 13.8. The molecule has 3 heterocycles. The van der Waals surface area contributed by atoms with Gasteiger partial charge in [0.1, 0.15) is 0 Å². The van der Waals surface area contributed by atoms with E-state index in [0.717, 1.165) is 60.6 Å². The van der Waals surface area contributed by atoms with Gasteiger partial charge in [-0.3, -0.25) is 14.3 Å². The Morgan fingerprint density at radius 1 is 1.16 bits per heavy atom. The number of anilines is 1. The molecule has 0 bridgehead atoms. The molecule has 1 aromatic carbocycles. The van der Waals surface area contributed by atoms with E-state index in [0.29, 0.717) is 29.6 Å². The molecular formula is C25H33N3O3S. The molecule has 0 atom stereocenters. The fraction of sp³-hybridized carbons (Fsp3) is 0.520. The average molecular weight is 456 g/mol. The Bertz CT molecular complexity index is 1120. The van der Waals surface area contributed by atoms with Crippen molar-refractivity contribution in [3.63, 3.8) is 0 Å². The Labute approximate surface area is 191 Å². The van der Waals surface area contributed by atoms with Gasteiger partial charge in [0.05, 0.1) is 23.3 Å². The van der Waals surface area contributed by atoms with Crippen LogP contribution in [0.2, 0.25) is 0 Å². The molecule has 0 spiro atoms. The minimum atomic E-state index is -3.72.